The maximum Gasteiger partial charge on any atom is 0.186 e. The highest BCUT2D eigenvalue weighted by molar-refractivity contribution is 8.76. The van der Waals surface area contributed by atoms with Gasteiger partial charge >= 0.3 is 0 Å². The monoisotopic (exact) mass is 342 g/mol. The Labute approximate surface area is 134 Å². The molecule has 0 aliphatic carbocycles. The zero-order chi connectivity index (χ0) is 15.7. The van der Waals surface area contributed by atoms with E-state index in [0.717, 1.165) is 5.75 Å². The Morgan fingerprint density at radius 2 is 1.62 bits per heavy atom. The van der Waals surface area contributed by atoms with Crippen molar-refractivity contribution in [1.82, 2.24) is 0 Å². The molecule has 1 fully saturated rings. The zero-order valence-electron chi connectivity index (χ0n) is 13.3. The van der Waals surface area contributed by atoms with Crippen molar-refractivity contribution in [3.8, 4) is 0 Å². The molecule has 1 aliphatic heterocycles. The van der Waals surface area contributed by atoms with Crippen molar-refractivity contribution in [1.29, 1.82) is 0 Å². The van der Waals surface area contributed by atoms with Crippen LogP contribution in [0.4, 0.5) is 0 Å². The van der Waals surface area contributed by atoms with Crippen molar-refractivity contribution in [2.45, 2.75) is 30.7 Å². The van der Waals surface area contributed by atoms with E-state index in [1.165, 1.54) is 0 Å². The summed E-state index contributed by atoms with van der Waals surface area (Å²) in [6.07, 6.45) is 0.418. The van der Waals surface area contributed by atoms with Crippen molar-refractivity contribution < 1.29 is 28.4 Å². The van der Waals surface area contributed by atoms with Crippen LogP contribution in [0.5, 0.6) is 0 Å². The van der Waals surface area contributed by atoms with Gasteiger partial charge in [0.2, 0.25) is 0 Å². The predicted octanol–water partition coefficient (Wildman–Crippen LogP) is 1.43. The summed E-state index contributed by atoms with van der Waals surface area (Å²) < 4.78 is 33.6. The molecule has 6 nitrogen and oxygen atoms in total. The molecular formula is C13H26O6S2. The van der Waals surface area contributed by atoms with Crippen LogP contribution in [-0.4, -0.2) is 84.4 Å². The van der Waals surface area contributed by atoms with Gasteiger partial charge in [-0.05, 0) is 6.26 Å². The summed E-state index contributed by atoms with van der Waals surface area (Å²) in [6, 6.07) is 0. The van der Waals surface area contributed by atoms with Gasteiger partial charge in [0.25, 0.3) is 0 Å². The van der Waals surface area contributed by atoms with E-state index in [2.05, 4.69) is 0 Å². The van der Waals surface area contributed by atoms with E-state index >= 15 is 0 Å². The second kappa shape index (κ2) is 11.1. The quantitative estimate of drug-likeness (QED) is 0.437. The smallest absolute Gasteiger partial charge is 0.186 e. The molecule has 0 bridgehead atoms. The molecule has 0 N–H and O–H groups in total. The summed E-state index contributed by atoms with van der Waals surface area (Å²) in [6.45, 7) is 0.998. The molecule has 0 aromatic carbocycles. The van der Waals surface area contributed by atoms with Crippen LogP contribution < -0.4 is 0 Å². The first-order valence-electron chi connectivity index (χ1n) is 6.73. The lowest BCUT2D eigenvalue weighted by atomic mass is 9.98. The number of methoxy groups -OCH3 is 4. The van der Waals surface area contributed by atoms with Gasteiger partial charge in [0.1, 0.15) is 24.4 Å². The highest BCUT2D eigenvalue weighted by atomic mass is 33.1. The second-order valence-corrected chi connectivity index (χ2v) is 7.14. The Balaban J connectivity index is 2.70. The van der Waals surface area contributed by atoms with Crippen LogP contribution in [0.25, 0.3) is 0 Å². The van der Waals surface area contributed by atoms with Gasteiger partial charge in [0.05, 0.1) is 13.2 Å². The third-order valence-corrected chi connectivity index (χ3v) is 5.08. The van der Waals surface area contributed by atoms with Crippen LogP contribution in [0.1, 0.15) is 0 Å². The lowest BCUT2D eigenvalue weighted by molar-refractivity contribution is -0.312. The second-order valence-electron chi connectivity index (χ2n) is 4.46. The SMILES string of the molecule is COC[C@H]1O[C@@H](OCCSSC)[C@H](OC)[C@@H](OC)[C@@H]1OC. The Morgan fingerprint density at radius 3 is 2.14 bits per heavy atom. The van der Waals surface area contributed by atoms with E-state index in [4.69, 9.17) is 28.4 Å². The zero-order valence-corrected chi connectivity index (χ0v) is 14.9. The van der Waals surface area contributed by atoms with E-state index < -0.39 is 6.29 Å². The van der Waals surface area contributed by atoms with E-state index in [-0.39, 0.29) is 24.4 Å². The van der Waals surface area contributed by atoms with Crippen LogP contribution in [0.2, 0.25) is 0 Å². The van der Waals surface area contributed by atoms with Gasteiger partial charge in [-0.25, -0.2) is 0 Å². The van der Waals surface area contributed by atoms with Gasteiger partial charge in [-0.15, -0.1) is 0 Å². The Hall–Kier alpha value is 0.460. The minimum absolute atomic E-state index is 0.255. The molecule has 1 heterocycles. The van der Waals surface area contributed by atoms with Gasteiger partial charge in [-0.2, -0.15) is 0 Å². The average molecular weight is 342 g/mol. The third kappa shape index (κ3) is 5.54. The van der Waals surface area contributed by atoms with Gasteiger partial charge in [-0.1, -0.05) is 21.6 Å². The molecule has 1 rings (SSSR count). The maximum atomic E-state index is 5.95. The van der Waals surface area contributed by atoms with E-state index in [0.29, 0.717) is 13.2 Å². The molecule has 1 saturated heterocycles. The van der Waals surface area contributed by atoms with Gasteiger partial charge in [-0.3, -0.25) is 0 Å². The van der Waals surface area contributed by atoms with Crippen molar-refractivity contribution in [2.75, 3.05) is 53.7 Å². The molecule has 8 heteroatoms. The Kier molecular flexibility index (Phi) is 10.3. The molecule has 0 amide bonds. The summed E-state index contributed by atoms with van der Waals surface area (Å²) >= 11 is 0. The fourth-order valence-corrected chi connectivity index (χ4v) is 3.43. The number of hydrogen-bond acceptors (Lipinski definition) is 8. The summed E-state index contributed by atoms with van der Waals surface area (Å²) in [5, 5.41) is 0. The number of ether oxygens (including phenoxy) is 6. The molecule has 126 valence electrons. The highest BCUT2D eigenvalue weighted by Crippen LogP contribution is 2.28. The molecule has 0 unspecified atom stereocenters. The van der Waals surface area contributed by atoms with Crippen LogP contribution in [0, 0.1) is 0 Å². The molecule has 5 atom stereocenters. The summed E-state index contributed by atoms with van der Waals surface area (Å²) in [7, 11) is 9.98. The van der Waals surface area contributed by atoms with Crippen molar-refractivity contribution in [2.24, 2.45) is 0 Å². The van der Waals surface area contributed by atoms with Crippen molar-refractivity contribution >= 4 is 21.6 Å². The fourth-order valence-electron chi connectivity index (χ4n) is 2.39. The Bertz CT molecular complexity index is 271. The minimum atomic E-state index is -0.492. The Morgan fingerprint density at radius 1 is 0.952 bits per heavy atom. The van der Waals surface area contributed by atoms with Gasteiger partial charge in [0.15, 0.2) is 6.29 Å². The summed E-state index contributed by atoms with van der Waals surface area (Å²) in [4.78, 5) is 0. The third-order valence-electron chi connectivity index (χ3n) is 3.31. The van der Waals surface area contributed by atoms with Crippen LogP contribution in [0.3, 0.4) is 0 Å². The summed E-state index contributed by atoms with van der Waals surface area (Å²) in [5.74, 6) is 0.887. The molecule has 0 saturated carbocycles. The van der Waals surface area contributed by atoms with Crippen LogP contribution in [-0.2, 0) is 28.4 Å². The van der Waals surface area contributed by atoms with E-state index in [9.17, 15) is 0 Å². The van der Waals surface area contributed by atoms with Crippen LogP contribution >= 0.6 is 21.6 Å². The van der Waals surface area contributed by atoms with Crippen molar-refractivity contribution in [3.63, 3.8) is 0 Å². The lowest BCUT2D eigenvalue weighted by Crippen LogP contribution is -2.61. The first-order chi connectivity index (χ1) is 10.2. The first kappa shape index (κ1) is 19.5. The largest absolute Gasteiger partial charge is 0.382 e. The molecule has 21 heavy (non-hydrogen) atoms. The number of hydrogen-bond donors (Lipinski definition) is 0. The highest BCUT2D eigenvalue weighted by Gasteiger charge is 2.47. The molecule has 1 aliphatic rings. The predicted molar refractivity (Wildman–Crippen MR) is 84.9 cm³/mol. The molecular weight excluding hydrogens is 316 g/mol. The van der Waals surface area contributed by atoms with Crippen LogP contribution in [0.15, 0.2) is 0 Å². The fraction of sp³-hybridized carbons (Fsp3) is 1.00. The van der Waals surface area contributed by atoms with Gasteiger partial charge in [0, 0.05) is 34.2 Å². The lowest BCUT2D eigenvalue weighted by Gasteiger charge is -2.44. The minimum Gasteiger partial charge on any atom is -0.382 e. The van der Waals surface area contributed by atoms with E-state index in [1.54, 1.807) is 50.0 Å². The number of rotatable bonds is 10. The van der Waals surface area contributed by atoms with Crippen molar-refractivity contribution in [3.05, 3.63) is 0 Å². The molecule has 0 aromatic heterocycles. The average Bonchev–Trinajstić information content (AvgIpc) is 2.51. The molecule has 0 radical (unpaired) electrons. The topological polar surface area (TPSA) is 55.4 Å². The summed E-state index contributed by atoms with van der Waals surface area (Å²) in [5.41, 5.74) is 0. The maximum absolute atomic E-state index is 5.95. The molecule has 0 spiro atoms. The normalized spacial score (nSPS) is 33.3. The van der Waals surface area contributed by atoms with E-state index in [1.807, 2.05) is 6.26 Å². The first-order valence-corrected chi connectivity index (χ1v) is 9.46. The molecule has 0 aromatic rings. The van der Waals surface area contributed by atoms with Gasteiger partial charge < -0.3 is 28.4 Å². The standard InChI is InChI=1S/C13H26O6S2/c1-14-8-9-10(15-2)11(16-3)12(17-4)13(19-9)18-6-7-21-20-5/h9-13H,6-8H2,1-5H3/t9-,10-,11+,12-,13-/m1/s1.